The Labute approximate surface area is 145 Å². The summed E-state index contributed by atoms with van der Waals surface area (Å²) in [4.78, 5) is 4.98. The molecule has 0 saturated carbocycles. The highest BCUT2D eigenvalue weighted by molar-refractivity contribution is 5.81. The van der Waals surface area contributed by atoms with Crippen molar-refractivity contribution < 1.29 is 0 Å². The van der Waals surface area contributed by atoms with E-state index < -0.39 is 0 Å². The van der Waals surface area contributed by atoms with Crippen molar-refractivity contribution in [3.05, 3.63) is 65.2 Å². The molecule has 2 aliphatic rings. The smallest absolute Gasteiger partial charge is 0.0403 e. The summed E-state index contributed by atoms with van der Waals surface area (Å²) >= 11 is 0. The molecule has 24 heavy (non-hydrogen) atoms. The molecule has 2 atom stereocenters. The van der Waals surface area contributed by atoms with Crippen molar-refractivity contribution in [1.82, 2.24) is 4.90 Å². The molecule has 0 amide bonds. The lowest BCUT2D eigenvalue weighted by atomic mass is 9.88. The lowest BCUT2D eigenvalue weighted by Gasteiger charge is -2.35. The van der Waals surface area contributed by atoms with E-state index in [9.17, 15) is 0 Å². The molecule has 1 saturated heterocycles. The van der Waals surface area contributed by atoms with Gasteiger partial charge in [0.25, 0.3) is 0 Å². The van der Waals surface area contributed by atoms with Gasteiger partial charge in [-0.3, -0.25) is 0 Å². The predicted octanol–water partition coefficient (Wildman–Crippen LogP) is 4.48. The number of hydrogen-bond donors (Lipinski definition) is 0. The fourth-order valence-electron chi connectivity index (χ4n) is 4.37. The maximum atomic E-state index is 2.50. The van der Waals surface area contributed by atoms with Gasteiger partial charge in [0.15, 0.2) is 0 Å². The van der Waals surface area contributed by atoms with E-state index in [0.717, 1.165) is 0 Å². The van der Waals surface area contributed by atoms with E-state index in [2.05, 4.69) is 85.4 Å². The average molecular weight is 318 g/mol. The van der Waals surface area contributed by atoms with Crippen LogP contribution in [-0.4, -0.2) is 38.1 Å². The summed E-state index contributed by atoms with van der Waals surface area (Å²) in [6.07, 6.45) is 3.58. The topological polar surface area (TPSA) is 6.48 Å². The zero-order valence-corrected chi connectivity index (χ0v) is 14.9. The lowest BCUT2D eigenvalue weighted by Crippen LogP contribution is -2.43. The Hall–Kier alpha value is -2.06. The maximum absolute atomic E-state index is 2.50. The van der Waals surface area contributed by atoms with E-state index >= 15 is 0 Å². The van der Waals surface area contributed by atoms with Gasteiger partial charge in [-0.25, -0.2) is 0 Å². The first-order valence-corrected chi connectivity index (χ1v) is 8.92. The number of likely N-dealkylation sites (tertiary alicyclic amines) is 1. The highest BCUT2D eigenvalue weighted by atomic mass is 15.2. The largest absolute Gasteiger partial charge is 0.371 e. The summed E-state index contributed by atoms with van der Waals surface area (Å²) in [6, 6.07) is 18.3. The Morgan fingerprint density at radius 3 is 2.67 bits per heavy atom. The van der Waals surface area contributed by atoms with E-state index in [0.29, 0.717) is 12.0 Å². The molecule has 2 aromatic carbocycles. The van der Waals surface area contributed by atoms with Gasteiger partial charge in [-0.05, 0) is 61.3 Å². The second-order valence-corrected chi connectivity index (χ2v) is 7.35. The van der Waals surface area contributed by atoms with Gasteiger partial charge < -0.3 is 9.80 Å². The first-order valence-electron chi connectivity index (χ1n) is 8.92. The zero-order valence-electron chi connectivity index (χ0n) is 14.9. The summed E-state index contributed by atoms with van der Waals surface area (Å²) in [6.45, 7) is 4.58. The molecule has 2 nitrogen and oxygen atoms in total. The fourth-order valence-corrected chi connectivity index (χ4v) is 4.37. The molecule has 2 unspecified atom stereocenters. The van der Waals surface area contributed by atoms with E-state index in [4.69, 9.17) is 0 Å². The van der Waals surface area contributed by atoms with Gasteiger partial charge in [0.1, 0.15) is 0 Å². The Bertz CT molecular complexity index is 763. The van der Waals surface area contributed by atoms with Crippen LogP contribution in [0.1, 0.15) is 36.0 Å². The van der Waals surface area contributed by atoms with Crippen LogP contribution in [0.15, 0.2) is 48.5 Å². The monoisotopic (exact) mass is 318 g/mol. The molecular weight excluding hydrogens is 292 g/mol. The molecule has 2 heterocycles. The van der Waals surface area contributed by atoms with Crippen LogP contribution >= 0.6 is 0 Å². The Balaban J connectivity index is 1.68. The summed E-state index contributed by atoms with van der Waals surface area (Å²) in [7, 11) is 4.51. The van der Waals surface area contributed by atoms with Crippen LogP contribution in [0, 0.1) is 0 Å². The SMILES string of the molecule is C/C(=C/c1ccc2c(c1)C1CN(C)CCC1N2C)c1ccccc1. The first kappa shape index (κ1) is 15.5. The maximum Gasteiger partial charge on any atom is 0.0403 e. The van der Waals surface area contributed by atoms with Gasteiger partial charge in [0.05, 0.1) is 0 Å². The van der Waals surface area contributed by atoms with Gasteiger partial charge >= 0.3 is 0 Å². The molecule has 4 rings (SSSR count). The molecule has 0 aromatic heterocycles. The Morgan fingerprint density at radius 1 is 1.08 bits per heavy atom. The molecular formula is C22H26N2. The van der Waals surface area contributed by atoms with Crippen LogP contribution in [0.4, 0.5) is 5.69 Å². The Kier molecular flexibility index (Phi) is 3.93. The van der Waals surface area contributed by atoms with Crippen LogP contribution in [0.2, 0.25) is 0 Å². The van der Waals surface area contributed by atoms with Crippen LogP contribution in [0.3, 0.4) is 0 Å². The molecule has 1 fully saturated rings. The zero-order chi connectivity index (χ0) is 16.7. The molecule has 0 spiro atoms. The average Bonchev–Trinajstić information content (AvgIpc) is 2.87. The standard InChI is InChI=1S/C22H26N2/c1-16(18-7-5-4-6-8-18)13-17-9-10-21-19(14-17)20-15-23(2)12-11-22(20)24(21)3/h4-10,13-14,20,22H,11-12,15H2,1-3H3/b16-13-. The summed E-state index contributed by atoms with van der Waals surface area (Å²) in [5.74, 6) is 0.647. The van der Waals surface area contributed by atoms with E-state index in [1.54, 1.807) is 0 Å². The lowest BCUT2D eigenvalue weighted by molar-refractivity contribution is 0.234. The number of hydrogen-bond acceptors (Lipinski definition) is 2. The molecule has 124 valence electrons. The minimum absolute atomic E-state index is 0.647. The third-order valence-electron chi connectivity index (χ3n) is 5.72. The minimum atomic E-state index is 0.647. The number of allylic oxidation sites excluding steroid dienone is 1. The third-order valence-corrected chi connectivity index (χ3v) is 5.72. The summed E-state index contributed by atoms with van der Waals surface area (Å²) in [5.41, 5.74) is 6.89. The molecule has 2 aromatic rings. The van der Waals surface area contributed by atoms with Crippen molar-refractivity contribution in [2.45, 2.75) is 25.3 Å². The predicted molar refractivity (Wildman–Crippen MR) is 103 cm³/mol. The quantitative estimate of drug-likeness (QED) is 0.753. The number of nitrogens with zero attached hydrogens (tertiary/aromatic N) is 2. The van der Waals surface area contributed by atoms with E-state index in [-0.39, 0.29) is 0 Å². The molecule has 2 heteroatoms. The normalized spacial score (nSPS) is 24.0. The van der Waals surface area contributed by atoms with Crippen LogP contribution < -0.4 is 4.90 Å². The Morgan fingerprint density at radius 2 is 1.88 bits per heavy atom. The minimum Gasteiger partial charge on any atom is -0.371 e. The van der Waals surface area contributed by atoms with Gasteiger partial charge in [-0.2, -0.15) is 0 Å². The highest BCUT2D eigenvalue weighted by Gasteiger charge is 2.39. The van der Waals surface area contributed by atoms with Gasteiger partial charge in [-0.15, -0.1) is 0 Å². The van der Waals surface area contributed by atoms with Crippen molar-refractivity contribution in [2.24, 2.45) is 0 Å². The summed E-state index contributed by atoms with van der Waals surface area (Å²) in [5, 5.41) is 0. The number of benzene rings is 2. The van der Waals surface area contributed by atoms with Gasteiger partial charge in [0, 0.05) is 31.2 Å². The number of anilines is 1. The highest BCUT2D eigenvalue weighted by Crippen LogP contribution is 2.44. The van der Waals surface area contributed by atoms with Gasteiger partial charge in [0.2, 0.25) is 0 Å². The van der Waals surface area contributed by atoms with Crippen LogP contribution in [0.5, 0.6) is 0 Å². The molecule has 2 aliphatic heterocycles. The number of rotatable bonds is 2. The number of likely N-dealkylation sites (N-methyl/N-ethyl adjacent to an activating group) is 2. The second-order valence-electron chi connectivity index (χ2n) is 7.35. The van der Waals surface area contributed by atoms with Crippen molar-refractivity contribution in [3.63, 3.8) is 0 Å². The van der Waals surface area contributed by atoms with E-state index in [1.165, 1.54) is 47.5 Å². The third kappa shape index (κ3) is 2.65. The van der Waals surface area contributed by atoms with E-state index in [1.807, 2.05) is 0 Å². The van der Waals surface area contributed by atoms with Crippen LogP contribution in [0.25, 0.3) is 11.6 Å². The van der Waals surface area contributed by atoms with Crippen molar-refractivity contribution in [2.75, 3.05) is 32.1 Å². The molecule has 0 radical (unpaired) electrons. The van der Waals surface area contributed by atoms with Gasteiger partial charge in [-0.1, -0.05) is 42.5 Å². The van der Waals surface area contributed by atoms with Crippen LogP contribution in [-0.2, 0) is 0 Å². The molecule has 0 aliphatic carbocycles. The second kappa shape index (κ2) is 6.10. The molecule has 0 N–H and O–H groups in total. The van der Waals surface area contributed by atoms with Crippen molar-refractivity contribution in [1.29, 1.82) is 0 Å². The fraction of sp³-hybridized carbons (Fsp3) is 0.364. The summed E-state index contributed by atoms with van der Waals surface area (Å²) < 4.78 is 0. The first-order chi connectivity index (χ1) is 11.6. The van der Waals surface area contributed by atoms with Crippen molar-refractivity contribution >= 4 is 17.3 Å². The number of piperidine rings is 1. The molecule has 0 bridgehead atoms. The van der Waals surface area contributed by atoms with Crippen molar-refractivity contribution in [3.8, 4) is 0 Å². The number of fused-ring (bicyclic) bond motifs is 3.